The topological polar surface area (TPSA) is 61.9 Å². The van der Waals surface area contributed by atoms with Crippen molar-refractivity contribution in [3.63, 3.8) is 0 Å². The minimum Gasteiger partial charge on any atom is -0.465 e. The summed E-state index contributed by atoms with van der Waals surface area (Å²) in [5.74, 6) is -0.237. The average Bonchev–Trinajstić information content (AvgIpc) is 3.12. The lowest BCUT2D eigenvalue weighted by Gasteiger charge is -2.32. The molecule has 0 aromatic heterocycles. The second kappa shape index (κ2) is 7.77. The highest BCUT2D eigenvalue weighted by Gasteiger charge is 2.30. The SMILES string of the molecule is COC(=O)c1cccc(CC(=O)N2CCC(N3CCNCC3)C2)c1. The molecule has 1 atom stereocenters. The van der Waals surface area contributed by atoms with Gasteiger partial charge in [-0.3, -0.25) is 9.69 Å². The van der Waals surface area contributed by atoms with Gasteiger partial charge in [-0.05, 0) is 24.1 Å². The second-order valence-corrected chi connectivity index (χ2v) is 6.44. The van der Waals surface area contributed by atoms with Crippen LogP contribution in [0.3, 0.4) is 0 Å². The lowest BCUT2D eigenvalue weighted by atomic mass is 10.1. The van der Waals surface area contributed by atoms with E-state index in [4.69, 9.17) is 4.74 Å². The van der Waals surface area contributed by atoms with Gasteiger partial charge < -0.3 is 15.0 Å². The molecule has 0 saturated carbocycles. The fraction of sp³-hybridized carbons (Fsp3) is 0.556. The molecule has 1 unspecified atom stereocenters. The summed E-state index contributed by atoms with van der Waals surface area (Å²) >= 11 is 0. The van der Waals surface area contributed by atoms with E-state index in [2.05, 4.69) is 10.2 Å². The van der Waals surface area contributed by atoms with Crippen molar-refractivity contribution in [2.75, 3.05) is 46.4 Å². The predicted octanol–water partition coefficient (Wildman–Crippen LogP) is 0.522. The lowest BCUT2D eigenvalue weighted by molar-refractivity contribution is -0.129. The quantitative estimate of drug-likeness (QED) is 0.815. The van der Waals surface area contributed by atoms with E-state index in [9.17, 15) is 9.59 Å². The maximum absolute atomic E-state index is 12.6. The Labute approximate surface area is 142 Å². The molecule has 1 aromatic rings. The van der Waals surface area contributed by atoms with E-state index in [0.717, 1.165) is 51.3 Å². The number of ether oxygens (including phenoxy) is 1. The molecule has 6 nitrogen and oxygen atoms in total. The molecule has 0 spiro atoms. The van der Waals surface area contributed by atoms with Crippen LogP contribution in [-0.4, -0.2) is 74.1 Å². The van der Waals surface area contributed by atoms with Gasteiger partial charge in [-0.15, -0.1) is 0 Å². The van der Waals surface area contributed by atoms with E-state index >= 15 is 0 Å². The van der Waals surface area contributed by atoms with Gasteiger partial charge in [0.25, 0.3) is 0 Å². The van der Waals surface area contributed by atoms with Gasteiger partial charge in [0.2, 0.25) is 5.91 Å². The van der Waals surface area contributed by atoms with E-state index in [1.165, 1.54) is 7.11 Å². The number of piperazine rings is 1. The smallest absolute Gasteiger partial charge is 0.337 e. The summed E-state index contributed by atoms with van der Waals surface area (Å²) < 4.78 is 4.73. The largest absolute Gasteiger partial charge is 0.465 e. The van der Waals surface area contributed by atoms with Gasteiger partial charge in [0, 0.05) is 45.3 Å². The molecule has 2 heterocycles. The average molecular weight is 331 g/mol. The molecule has 1 N–H and O–H groups in total. The van der Waals surface area contributed by atoms with Crippen molar-refractivity contribution in [2.24, 2.45) is 0 Å². The number of rotatable bonds is 4. The summed E-state index contributed by atoms with van der Waals surface area (Å²) in [4.78, 5) is 28.6. The van der Waals surface area contributed by atoms with E-state index in [-0.39, 0.29) is 11.9 Å². The summed E-state index contributed by atoms with van der Waals surface area (Å²) in [5.41, 5.74) is 1.34. The highest BCUT2D eigenvalue weighted by molar-refractivity contribution is 5.90. The van der Waals surface area contributed by atoms with E-state index in [1.54, 1.807) is 18.2 Å². The molecule has 0 aliphatic carbocycles. The lowest BCUT2D eigenvalue weighted by Crippen LogP contribution is -2.49. The van der Waals surface area contributed by atoms with Crippen molar-refractivity contribution < 1.29 is 14.3 Å². The zero-order chi connectivity index (χ0) is 16.9. The number of likely N-dealkylation sites (tertiary alicyclic amines) is 1. The van der Waals surface area contributed by atoms with Gasteiger partial charge in [0.05, 0.1) is 19.1 Å². The van der Waals surface area contributed by atoms with Gasteiger partial charge >= 0.3 is 5.97 Å². The van der Waals surface area contributed by atoms with Crippen LogP contribution in [0.4, 0.5) is 0 Å². The molecule has 1 amide bonds. The van der Waals surface area contributed by atoms with E-state index in [1.807, 2.05) is 11.0 Å². The van der Waals surface area contributed by atoms with Crippen LogP contribution in [0, 0.1) is 0 Å². The summed E-state index contributed by atoms with van der Waals surface area (Å²) in [5, 5.41) is 3.36. The van der Waals surface area contributed by atoms with E-state index in [0.29, 0.717) is 18.0 Å². The van der Waals surface area contributed by atoms with Gasteiger partial charge in [0.15, 0.2) is 0 Å². The Kier molecular flexibility index (Phi) is 5.48. The molecule has 2 saturated heterocycles. The maximum atomic E-state index is 12.6. The van der Waals surface area contributed by atoms with Gasteiger partial charge in [-0.25, -0.2) is 4.79 Å². The fourth-order valence-corrected chi connectivity index (χ4v) is 3.53. The van der Waals surface area contributed by atoms with Crippen LogP contribution in [0.5, 0.6) is 0 Å². The zero-order valence-corrected chi connectivity index (χ0v) is 14.2. The number of nitrogens with zero attached hydrogens (tertiary/aromatic N) is 2. The first-order valence-electron chi connectivity index (χ1n) is 8.57. The van der Waals surface area contributed by atoms with Crippen LogP contribution < -0.4 is 5.32 Å². The number of benzene rings is 1. The monoisotopic (exact) mass is 331 g/mol. The van der Waals surface area contributed by atoms with E-state index < -0.39 is 0 Å². The zero-order valence-electron chi connectivity index (χ0n) is 14.2. The number of carbonyl (C=O) groups is 2. The van der Waals surface area contributed by atoms with Gasteiger partial charge in [-0.1, -0.05) is 12.1 Å². The molecule has 2 aliphatic rings. The maximum Gasteiger partial charge on any atom is 0.337 e. The number of amides is 1. The minimum absolute atomic E-state index is 0.134. The summed E-state index contributed by atoms with van der Waals surface area (Å²) in [6.45, 7) is 5.83. The Hall–Kier alpha value is -1.92. The highest BCUT2D eigenvalue weighted by atomic mass is 16.5. The summed E-state index contributed by atoms with van der Waals surface area (Å²) in [6.07, 6.45) is 1.38. The van der Waals surface area contributed by atoms with Crippen molar-refractivity contribution in [1.82, 2.24) is 15.1 Å². The second-order valence-electron chi connectivity index (χ2n) is 6.44. The molecule has 2 aliphatic heterocycles. The van der Waals surface area contributed by atoms with Gasteiger partial charge in [0.1, 0.15) is 0 Å². The highest BCUT2D eigenvalue weighted by Crippen LogP contribution is 2.18. The van der Waals surface area contributed by atoms with Crippen molar-refractivity contribution in [3.8, 4) is 0 Å². The third-order valence-corrected chi connectivity index (χ3v) is 4.89. The Morgan fingerprint density at radius 1 is 1.25 bits per heavy atom. The minimum atomic E-state index is -0.371. The standard InChI is InChI=1S/C18H25N3O3/c1-24-18(23)15-4-2-3-14(11-15)12-17(22)21-8-5-16(13-21)20-9-6-19-7-10-20/h2-4,11,16,19H,5-10,12-13H2,1H3. The van der Waals surface area contributed by atoms with Crippen molar-refractivity contribution in [1.29, 1.82) is 0 Å². The normalized spacial score (nSPS) is 21.7. The molecular weight excluding hydrogens is 306 g/mol. The first kappa shape index (κ1) is 16.9. The Morgan fingerprint density at radius 3 is 2.79 bits per heavy atom. The summed E-state index contributed by atoms with van der Waals surface area (Å²) in [6, 6.07) is 7.61. The summed E-state index contributed by atoms with van der Waals surface area (Å²) in [7, 11) is 1.36. The third-order valence-electron chi connectivity index (χ3n) is 4.89. The number of carbonyl (C=O) groups excluding carboxylic acids is 2. The van der Waals surface area contributed by atoms with Crippen LogP contribution in [0.25, 0.3) is 0 Å². The number of nitrogens with one attached hydrogen (secondary N) is 1. The van der Waals surface area contributed by atoms with Crippen LogP contribution >= 0.6 is 0 Å². The molecule has 130 valence electrons. The molecule has 24 heavy (non-hydrogen) atoms. The molecule has 0 bridgehead atoms. The Morgan fingerprint density at radius 2 is 2.04 bits per heavy atom. The van der Waals surface area contributed by atoms with Gasteiger partial charge in [-0.2, -0.15) is 0 Å². The first-order chi connectivity index (χ1) is 11.7. The Balaban J connectivity index is 1.56. The van der Waals surface area contributed by atoms with Crippen LogP contribution in [0.1, 0.15) is 22.3 Å². The van der Waals surface area contributed by atoms with Crippen molar-refractivity contribution in [3.05, 3.63) is 35.4 Å². The van der Waals surface area contributed by atoms with Crippen molar-refractivity contribution >= 4 is 11.9 Å². The molecular formula is C18H25N3O3. The molecule has 3 rings (SSSR count). The molecule has 0 radical (unpaired) electrons. The van der Waals surface area contributed by atoms with Crippen LogP contribution in [0.15, 0.2) is 24.3 Å². The first-order valence-corrected chi connectivity index (χ1v) is 8.57. The number of hydrogen-bond acceptors (Lipinski definition) is 5. The van der Waals surface area contributed by atoms with Crippen LogP contribution in [0.2, 0.25) is 0 Å². The third kappa shape index (κ3) is 3.94. The fourth-order valence-electron chi connectivity index (χ4n) is 3.53. The van der Waals surface area contributed by atoms with Crippen molar-refractivity contribution in [2.45, 2.75) is 18.9 Å². The number of methoxy groups -OCH3 is 1. The van der Waals surface area contributed by atoms with Crippen LogP contribution in [-0.2, 0) is 16.0 Å². The number of esters is 1. The molecule has 2 fully saturated rings. The predicted molar refractivity (Wildman–Crippen MR) is 90.9 cm³/mol. The molecule has 6 heteroatoms. The Bertz CT molecular complexity index is 599. The molecule has 1 aromatic carbocycles. The number of hydrogen-bond donors (Lipinski definition) is 1.